The summed E-state index contributed by atoms with van der Waals surface area (Å²) in [4.78, 5) is 12.8. The average molecular weight is 361 g/mol. The van der Waals surface area contributed by atoms with Crippen LogP contribution in [0, 0.1) is 5.82 Å². The van der Waals surface area contributed by atoms with Crippen molar-refractivity contribution in [2.75, 3.05) is 19.8 Å². The standard InChI is InChI=1S/C19H14ClFO4/c20-15-8-11(9-17-19(15)25-6-5-24-17)7-12-3-4-23-16-2-1-13(21)10-14(16)18(12)22/h1-2,7-10H,3-6H2/b12-7-. The number of halogens is 2. The van der Waals surface area contributed by atoms with Crippen molar-refractivity contribution in [3.63, 3.8) is 0 Å². The van der Waals surface area contributed by atoms with Gasteiger partial charge in [-0.2, -0.15) is 0 Å². The number of benzene rings is 2. The highest BCUT2D eigenvalue weighted by Crippen LogP contribution is 2.39. The van der Waals surface area contributed by atoms with Crippen molar-refractivity contribution >= 4 is 23.5 Å². The van der Waals surface area contributed by atoms with Gasteiger partial charge in [-0.25, -0.2) is 4.39 Å². The van der Waals surface area contributed by atoms with Gasteiger partial charge in [0.1, 0.15) is 24.8 Å². The summed E-state index contributed by atoms with van der Waals surface area (Å²) in [5, 5.41) is 0.424. The number of Topliss-reactive ketones (excluding diaryl/α,β-unsaturated/α-hetero) is 1. The first-order valence-electron chi connectivity index (χ1n) is 7.88. The number of carbonyl (C=O) groups excluding carboxylic acids is 1. The minimum atomic E-state index is -0.473. The Bertz CT molecular complexity index is 891. The van der Waals surface area contributed by atoms with E-state index in [1.165, 1.54) is 18.2 Å². The first kappa shape index (κ1) is 16.0. The summed E-state index contributed by atoms with van der Waals surface area (Å²) in [7, 11) is 0. The van der Waals surface area contributed by atoms with Crippen LogP contribution < -0.4 is 14.2 Å². The number of rotatable bonds is 1. The molecule has 2 aliphatic rings. The van der Waals surface area contributed by atoms with E-state index in [4.69, 9.17) is 25.8 Å². The molecular formula is C19H14ClFO4. The van der Waals surface area contributed by atoms with Crippen molar-refractivity contribution in [1.29, 1.82) is 0 Å². The molecule has 25 heavy (non-hydrogen) atoms. The fraction of sp³-hybridized carbons (Fsp3) is 0.211. The Morgan fingerprint density at radius 2 is 1.80 bits per heavy atom. The summed E-state index contributed by atoms with van der Waals surface area (Å²) in [6, 6.07) is 7.45. The number of hydrogen-bond donors (Lipinski definition) is 0. The molecule has 2 aromatic rings. The van der Waals surface area contributed by atoms with Crippen LogP contribution in [0.5, 0.6) is 17.2 Å². The number of ketones is 1. The third-order valence-corrected chi connectivity index (χ3v) is 4.35. The lowest BCUT2D eigenvalue weighted by Gasteiger charge is -2.19. The first-order valence-corrected chi connectivity index (χ1v) is 8.26. The smallest absolute Gasteiger partial charge is 0.192 e. The average Bonchev–Trinajstić information content (AvgIpc) is 2.75. The van der Waals surface area contributed by atoms with Gasteiger partial charge in [-0.05, 0) is 42.0 Å². The van der Waals surface area contributed by atoms with Crippen LogP contribution in [0.2, 0.25) is 5.02 Å². The Morgan fingerprint density at radius 3 is 2.68 bits per heavy atom. The van der Waals surface area contributed by atoms with Gasteiger partial charge in [-0.3, -0.25) is 4.79 Å². The van der Waals surface area contributed by atoms with Gasteiger partial charge in [0.2, 0.25) is 0 Å². The summed E-state index contributed by atoms with van der Waals surface area (Å²) in [6.07, 6.45) is 2.15. The summed E-state index contributed by atoms with van der Waals surface area (Å²) in [5.41, 5.74) is 1.47. The molecule has 128 valence electrons. The first-order chi connectivity index (χ1) is 12.1. The van der Waals surface area contributed by atoms with Crippen molar-refractivity contribution < 1.29 is 23.4 Å². The van der Waals surface area contributed by atoms with E-state index in [1.54, 1.807) is 18.2 Å². The van der Waals surface area contributed by atoms with E-state index in [0.29, 0.717) is 54.1 Å². The lowest BCUT2D eigenvalue weighted by atomic mass is 9.98. The van der Waals surface area contributed by atoms with Gasteiger partial charge in [0.25, 0.3) is 0 Å². The summed E-state index contributed by atoms with van der Waals surface area (Å²) < 4.78 is 30.1. The Hall–Kier alpha value is -2.53. The molecule has 0 saturated carbocycles. The van der Waals surface area contributed by atoms with Crippen molar-refractivity contribution in [3.05, 3.63) is 57.9 Å². The quantitative estimate of drug-likeness (QED) is 0.711. The molecule has 0 aromatic heterocycles. The van der Waals surface area contributed by atoms with Gasteiger partial charge in [-0.1, -0.05) is 11.6 Å². The second kappa shape index (κ2) is 6.41. The van der Waals surface area contributed by atoms with E-state index >= 15 is 0 Å². The van der Waals surface area contributed by atoms with E-state index < -0.39 is 5.82 Å². The Morgan fingerprint density at radius 1 is 1.00 bits per heavy atom. The van der Waals surface area contributed by atoms with Gasteiger partial charge >= 0.3 is 0 Å². The van der Waals surface area contributed by atoms with Crippen LogP contribution >= 0.6 is 11.6 Å². The molecule has 2 aromatic carbocycles. The zero-order valence-corrected chi connectivity index (χ0v) is 13.9. The van der Waals surface area contributed by atoms with E-state index in [1.807, 2.05) is 0 Å². The van der Waals surface area contributed by atoms with Gasteiger partial charge in [0, 0.05) is 12.0 Å². The summed E-state index contributed by atoms with van der Waals surface area (Å²) in [5.74, 6) is 0.736. The molecule has 4 rings (SSSR count). The van der Waals surface area contributed by atoms with Crippen LogP contribution in [0.1, 0.15) is 22.3 Å². The summed E-state index contributed by atoms with van der Waals surface area (Å²) in [6.45, 7) is 1.24. The molecule has 2 aliphatic heterocycles. The van der Waals surface area contributed by atoms with Crippen LogP contribution in [0.15, 0.2) is 35.9 Å². The predicted molar refractivity (Wildman–Crippen MR) is 91.3 cm³/mol. The topological polar surface area (TPSA) is 44.8 Å². The maximum absolute atomic E-state index is 13.5. The minimum Gasteiger partial charge on any atom is -0.492 e. The van der Waals surface area contributed by atoms with Crippen LogP contribution in [-0.2, 0) is 0 Å². The van der Waals surface area contributed by atoms with E-state index in [0.717, 1.165) is 5.56 Å². The van der Waals surface area contributed by atoms with Crippen molar-refractivity contribution in [3.8, 4) is 17.2 Å². The molecule has 0 bridgehead atoms. The molecule has 0 N–H and O–H groups in total. The SMILES string of the molecule is O=C1/C(=C\c2cc(Cl)c3c(c2)OCCO3)CCOc2ccc(F)cc21. The fourth-order valence-electron chi connectivity index (χ4n) is 2.92. The second-order valence-corrected chi connectivity index (χ2v) is 6.17. The third-order valence-electron chi connectivity index (χ3n) is 4.07. The molecule has 0 atom stereocenters. The van der Waals surface area contributed by atoms with Crippen molar-refractivity contribution in [2.45, 2.75) is 6.42 Å². The molecule has 0 amide bonds. The van der Waals surface area contributed by atoms with E-state index in [-0.39, 0.29) is 11.3 Å². The number of hydrogen-bond acceptors (Lipinski definition) is 4. The van der Waals surface area contributed by atoms with Crippen molar-refractivity contribution in [2.24, 2.45) is 0 Å². The minimum absolute atomic E-state index is 0.229. The van der Waals surface area contributed by atoms with Crippen LogP contribution in [-0.4, -0.2) is 25.6 Å². The molecule has 0 spiro atoms. The molecule has 0 saturated heterocycles. The second-order valence-electron chi connectivity index (χ2n) is 5.76. The molecule has 6 heteroatoms. The fourth-order valence-corrected chi connectivity index (χ4v) is 3.19. The van der Waals surface area contributed by atoms with Gasteiger partial charge in [-0.15, -0.1) is 0 Å². The number of ether oxygens (including phenoxy) is 3. The highest BCUT2D eigenvalue weighted by atomic mass is 35.5. The largest absolute Gasteiger partial charge is 0.492 e. The number of fused-ring (bicyclic) bond motifs is 2. The van der Waals surface area contributed by atoms with Gasteiger partial charge in [0.05, 0.1) is 17.2 Å². The maximum atomic E-state index is 13.5. The monoisotopic (exact) mass is 360 g/mol. The zero-order valence-electron chi connectivity index (χ0n) is 13.2. The van der Waals surface area contributed by atoms with E-state index in [2.05, 4.69) is 0 Å². The molecule has 0 unspecified atom stereocenters. The molecule has 4 nitrogen and oxygen atoms in total. The van der Waals surface area contributed by atoms with Crippen LogP contribution in [0.3, 0.4) is 0 Å². The zero-order chi connectivity index (χ0) is 17.4. The number of carbonyl (C=O) groups is 1. The van der Waals surface area contributed by atoms with Crippen LogP contribution in [0.25, 0.3) is 6.08 Å². The molecule has 2 heterocycles. The Kier molecular flexibility index (Phi) is 4.09. The van der Waals surface area contributed by atoms with E-state index in [9.17, 15) is 9.18 Å². The molecule has 0 fully saturated rings. The molecule has 0 radical (unpaired) electrons. The van der Waals surface area contributed by atoms with Crippen molar-refractivity contribution in [1.82, 2.24) is 0 Å². The van der Waals surface area contributed by atoms with Gasteiger partial charge < -0.3 is 14.2 Å². The third kappa shape index (κ3) is 3.07. The highest BCUT2D eigenvalue weighted by molar-refractivity contribution is 6.32. The van der Waals surface area contributed by atoms with Crippen LogP contribution in [0.4, 0.5) is 4.39 Å². The normalized spacial score (nSPS) is 17.7. The lowest BCUT2D eigenvalue weighted by molar-refractivity contribution is 0.103. The Balaban J connectivity index is 1.74. The highest BCUT2D eigenvalue weighted by Gasteiger charge is 2.23. The molecule has 0 aliphatic carbocycles. The summed E-state index contributed by atoms with van der Waals surface area (Å²) >= 11 is 6.24. The maximum Gasteiger partial charge on any atom is 0.192 e. The molecular weight excluding hydrogens is 347 g/mol. The lowest BCUT2D eigenvalue weighted by Crippen LogP contribution is -2.15. The van der Waals surface area contributed by atoms with Gasteiger partial charge in [0.15, 0.2) is 17.3 Å². The Labute approximate surface area is 148 Å². The predicted octanol–water partition coefficient (Wildman–Crippen LogP) is 4.30.